The second-order valence-corrected chi connectivity index (χ2v) is 18.2. The molecule has 4 aromatic rings. The van der Waals surface area contributed by atoms with Gasteiger partial charge in [-0.05, 0) is 140 Å². The summed E-state index contributed by atoms with van der Waals surface area (Å²) in [5.41, 5.74) is 19.4. The highest BCUT2D eigenvalue weighted by Crippen LogP contribution is 2.58. The van der Waals surface area contributed by atoms with Gasteiger partial charge in [0.15, 0.2) is 0 Å². The van der Waals surface area contributed by atoms with E-state index in [2.05, 4.69) is 200 Å². The second-order valence-electron chi connectivity index (χ2n) is 18.2. The third-order valence-electron chi connectivity index (χ3n) is 15.0. The Bertz CT molecular complexity index is 3030. The zero-order valence-electron chi connectivity index (χ0n) is 36.7. The Hall–Kier alpha value is -6.96. The van der Waals surface area contributed by atoms with Gasteiger partial charge in [-0.25, -0.2) is 0 Å². The minimum Gasteiger partial charge on any atom is -0.322 e. The van der Waals surface area contributed by atoms with Gasteiger partial charge in [-0.15, -0.1) is 0 Å². The van der Waals surface area contributed by atoms with Crippen LogP contribution in [-0.2, 0) is 5.41 Å². The fraction of sp³-hybridized carbons (Fsp3) is 0.175. The van der Waals surface area contributed by atoms with Gasteiger partial charge in [-0.1, -0.05) is 196 Å². The van der Waals surface area contributed by atoms with Crippen LogP contribution in [0.4, 0.5) is 0 Å². The molecule has 4 aromatic carbocycles. The molecule has 0 aromatic heterocycles. The van der Waals surface area contributed by atoms with Crippen molar-refractivity contribution in [3.05, 3.63) is 291 Å². The van der Waals surface area contributed by atoms with E-state index in [4.69, 9.17) is 6.58 Å². The summed E-state index contributed by atoms with van der Waals surface area (Å²) in [6.45, 7) is 13.3. The van der Waals surface area contributed by atoms with E-state index in [0.717, 1.165) is 44.9 Å². The largest absolute Gasteiger partial charge is 0.322 e. The molecule has 7 aliphatic rings. The Morgan fingerprint density at radius 1 is 0.719 bits per heavy atom. The summed E-state index contributed by atoms with van der Waals surface area (Å²) < 4.78 is 0. The molecule has 0 heterocycles. The van der Waals surface area contributed by atoms with E-state index in [1.54, 1.807) is 0 Å². The Morgan fingerprint density at radius 2 is 1.50 bits per heavy atom. The number of benzene rings is 4. The summed E-state index contributed by atoms with van der Waals surface area (Å²) in [6.07, 6.45) is 41.5. The Kier molecular flexibility index (Phi) is 10.4. The van der Waals surface area contributed by atoms with Crippen LogP contribution in [0.5, 0.6) is 0 Å². The molecule has 0 bridgehead atoms. The summed E-state index contributed by atoms with van der Waals surface area (Å²) >= 11 is 0. The smallest absolute Gasteiger partial charge is 0.0710 e. The van der Waals surface area contributed by atoms with Crippen molar-refractivity contribution in [2.45, 2.75) is 56.3 Å². The van der Waals surface area contributed by atoms with Gasteiger partial charge < -0.3 is 4.90 Å². The zero-order chi connectivity index (χ0) is 43.2. The van der Waals surface area contributed by atoms with E-state index in [0.29, 0.717) is 11.8 Å². The summed E-state index contributed by atoms with van der Waals surface area (Å²) in [5.74, 6) is 0.925. The van der Waals surface area contributed by atoms with Crippen LogP contribution in [0.25, 0.3) is 17.2 Å². The lowest BCUT2D eigenvalue weighted by Crippen LogP contribution is -2.33. The van der Waals surface area contributed by atoms with Crippen LogP contribution in [0.2, 0.25) is 0 Å². The highest BCUT2D eigenvalue weighted by molar-refractivity contribution is 5.88. The maximum atomic E-state index is 4.73. The molecule has 0 amide bonds. The molecule has 0 saturated heterocycles. The number of allylic oxidation sites excluding steroid dienone is 21. The molecule has 1 heteroatoms. The highest BCUT2D eigenvalue weighted by atomic mass is 15.1. The average Bonchev–Trinajstić information content (AvgIpc) is 3.66. The summed E-state index contributed by atoms with van der Waals surface area (Å²) in [5, 5.41) is 2.75. The van der Waals surface area contributed by atoms with Crippen LogP contribution in [0.15, 0.2) is 253 Å². The minimum absolute atomic E-state index is 0.144. The predicted molar refractivity (Wildman–Crippen MR) is 269 cm³/mol. The molecule has 0 spiro atoms. The molecule has 0 saturated carbocycles. The lowest BCUT2D eigenvalue weighted by atomic mass is 9.66. The standard InChI is InChI=1S/C63H55N/c1-4-52-53(5-2)57-26-15-14-24-55(57)43(3)54(52)28-18-40-64(50-36-34-44(35-37-50)47-33-32-46-31-30-45-19-12-13-25-56(45)60(46)41-47)51-38-39-59-58-27-16-17-29-61(58)63(62(59)42-51,48-20-8-6-9-21-48)49-22-10-7-11-23-49/h4-13,15-23,25-27,29,31-34,36-37,40-42,44-45,54H,1-3,14,24,28,30,35,38-39H2/b40-18+. The van der Waals surface area contributed by atoms with Crippen LogP contribution in [0, 0.1) is 11.8 Å². The Morgan fingerprint density at radius 3 is 2.27 bits per heavy atom. The monoisotopic (exact) mass is 825 g/mol. The van der Waals surface area contributed by atoms with Crippen molar-refractivity contribution in [2.75, 3.05) is 0 Å². The van der Waals surface area contributed by atoms with Crippen molar-refractivity contribution in [2.24, 2.45) is 11.8 Å². The van der Waals surface area contributed by atoms with E-state index >= 15 is 0 Å². The molecular weight excluding hydrogens is 771 g/mol. The highest BCUT2D eigenvalue weighted by Gasteiger charge is 2.48. The molecule has 3 unspecified atom stereocenters. The molecule has 312 valence electrons. The lowest BCUT2D eigenvalue weighted by molar-refractivity contribution is 0.542. The average molecular weight is 826 g/mol. The molecular formula is C63H55N. The van der Waals surface area contributed by atoms with E-state index < -0.39 is 5.41 Å². The topological polar surface area (TPSA) is 3.24 Å². The van der Waals surface area contributed by atoms with Crippen molar-refractivity contribution in [3.63, 3.8) is 0 Å². The maximum absolute atomic E-state index is 4.73. The van der Waals surface area contributed by atoms with Crippen LogP contribution in [0.1, 0.15) is 78.7 Å². The van der Waals surface area contributed by atoms with Gasteiger partial charge in [0.05, 0.1) is 5.41 Å². The lowest BCUT2D eigenvalue weighted by Gasteiger charge is -2.37. The van der Waals surface area contributed by atoms with Crippen molar-refractivity contribution >= 4 is 17.2 Å². The Labute approximate surface area is 379 Å². The van der Waals surface area contributed by atoms with Gasteiger partial charge in [-0.3, -0.25) is 0 Å². The van der Waals surface area contributed by atoms with Crippen molar-refractivity contribution < 1.29 is 0 Å². The molecule has 0 radical (unpaired) electrons. The van der Waals surface area contributed by atoms with Gasteiger partial charge in [0.2, 0.25) is 0 Å². The summed E-state index contributed by atoms with van der Waals surface area (Å²) in [4.78, 5) is 2.51. The quantitative estimate of drug-likeness (QED) is 0.154. The second kappa shape index (κ2) is 16.6. The Balaban J connectivity index is 1.00. The molecule has 1 nitrogen and oxygen atoms in total. The normalized spacial score (nSPS) is 22.6. The molecule has 3 atom stereocenters. The van der Waals surface area contributed by atoms with Crippen LogP contribution >= 0.6 is 0 Å². The molecule has 0 fully saturated rings. The van der Waals surface area contributed by atoms with Crippen molar-refractivity contribution in [3.8, 4) is 0 Å². The zero-order valence-corrected chi connectivity index (χ0v) is 36.7. The molecule has 64 heavy (non-hydrogen) atoms. The molecule has 7 aliphatic carbocycles. The number of hydrogen-bond acceptors (Lipinski definition) is 1. The number of fused-ring (bicyclic) bond motifs is 4. The summed E-state index contributed by atoms with van der Waals surface area (Å²) in [7, 11) is 0. The van der Waals surface area contributed by atoms with Crippen molar-refractivity contribution in [1.29, 1.82) is 0 Å². The van der Waals surface area contributed by atoms with Gasteiger partial charge in [0, 0.05) is 35.3 Å². The van der Waals surface area contributed by atoms with E-state index in [-0.39, 0.29) is 5.92 Å². The van der Waals surface area contributed by atoms with E-state index in [1.807, 2.05) is 12.2 Å². The van der Waals surface area contributed by atoms with Gasteiger partial charge >= 0.3 is 0 Å². The van der Waals surface area contributed by atoms with Crippen LogP contribution in [0.3, 0.4) is 0 Å². The number of nitrogens with zero attached hydrogens (tertiary/aromatic N) is 1. The first-order valence-electron chi connectivity index (χ1n) is 23.4. The third kappa shape index (κ3) is 6.52. The fourth-order valence-corrected chi connectivity index (χ4v) is 11.9. The number of hydrogen-bond donors (Lipinski definition) is 0. The predicted octanol–water partition coefficient (Wildman–Crippen LogP) is 13.9. The first-order valence-corrected chi connectivity index (χ1v) is 23.4. The molecule has 0 N–H and O–H groups in total. The minimum atomic E-state index is -0.438. The van der Waals surface area contributed by atoms with Crippen LogP contribution in [-0.4, -0.2) is 4.90 Å². The van der Waals surface area contributed by atoms with Gasteiger partial charge in [0.25, 0.3) is 0 Å². The fourth-order valence-electron chi connectivity index (χ4n) is 11.9. The summed E-state index contributed by atoms with van der Waals surface area (Å²) in [6, 6.07) is 38.7. The first kappa shape index (κ1) is 39.9. The SMILES string of the molecule is C=CC1=C(C=C)C(C/C=C/N(C2=CCC(c3ccc4c(c3)=C3C=CC=CC3CC=4)C=C2)C2=CC3=C(CC2)c2ccccc2C3(c2ccccc2)c2ccccc2)C(=C)C2=C1C=CCC2. The molecule has 11 rings (SSSR count). The van der Waals surface area contributed by atoms with Crippen LogP contribution < -0.4 is 10.4 Å². The maximum Gasteiger partial charge on any atom is 0.0710 e. The van der Waals surface area contributed by atoms with Crippen molar-refractivity contribution in [1.82, 2.24) is 4.90 Å². The molecule has 0 aliphatic heterocycles. The third-order valence-corrected chi connectivity index (χ3v) is 15.0. The van der Waals surface area contributed by atoms with E-state index in [1.165, 1.54) is 94.2 Å². The number of rotatable bonds is 10. The van der Waals surface area contributed by atoms with Gasteiger partial charge in [-0.2, -0.15) is 0 Å². The van der Waals surface area contributed by atoms with E-state index in [9.17, 15) is 0 Å². The first-order chi connectivity index (χ1) is 31.6. The van der Waals surface area contributed by atoms with Gasteiger partial charge in [0.1, 0.15) is 0 Å².